The maximum absolute atomic E-state index is 6.69. The SMILES string of the molecule is c1ccc(-c2cccc3cccc(-c4ccccc4N(c4cccc(-c5ccc6c(c5)oc5ccccc56)c4)c4ccccc4-c4cccc5c4oc4ccccc45)c23)cc1. The van der Waals surface area contributed by atoms with E-state index >= 15 is 0 Å². The van der Waals surface area contributed by atoms with Gasteiger partial charge < -0.3 is 13.7 Å². The van der Waals surface area contributed by atoms with Crippen LogP contribution in [-0.4, -0.2) is 0 Å². The molecule has 12 aromatic rings. The van der Waals surface area contributed by atoms with Crippen molar-refractivity contribution in [2.24, 2.45) is 0 Å². The first kappa shape index (κ1) is 34.9. The van der Waals surface area contributed by atoms with E-state index < -0.39 is 0 Å². The van der Waals surface area contributed by atoms with Gasteiger partial charge in [0.2, 0.25) is 0 Å². The number of hydrogen-bond donors (Lipinski definition) is 0. The van der Waals surface area contributed by atoms with Gasteiger partial charge in [0.15, 0.2) is 0 Å². The van der Waals surface area contributed by atoms with E-state index in [1.165, 1.54) is 27.5 Å². The molecule has 0 saturated carbocycles. The van der Waals surface area contributed by atoms with Crippen molar-refractivity contribution in [2.45, 2.75) is 0 Å². The van der Waals surface area contributed by atoms with Gasteiger partial charge in [-0.1, -0.05) is 176 Å². The Labute approximate surface area is 353 Å². The van der Waals surface area contributed by atoms with Gasteiger partial charge in [-0.25, -0.2) is 0 Å². The highest BCUT2D eigenvalue weighted by atomic mass is 16.3. The lowest BCUT2D eigenvalue weighted by atomic mass is 9.90. The molecule has 0 amide bonds. The Balaban J connectivity index is 1.11. The van der Waals surface area contributed by atoms with E-state index in [1.54, 1.807) is 0 Å². The van der Waals surface area contributed by atoms with Gasteiger partial charge >= 0.3 is 0 Å². The molecule has 0 aliphatic carbocycles. The lowest BCUT2D eigenvalue weighted by molar-refractivity contribution is 0.669. The number of nitrogens with zero attached hydrogens (tertiary/aromatic N) is 1. The average Bonchev–Trinajstić information content (AvgIpc) is 3.90. The highest BCUT2D eigenvalue weighted by Crippen LogP contribution is 2.49. The van der Waals surface area contributed by atoms with Crippen molar-refractivity contribution in [2.75, 3.05) is 4.90 Å². The Hall–Kier alpha value is -8.14. The predicted molar refractivity (Wildman–Crippen MR) is 255 cm³/mol. The molecule has 61 heavy (non-hydrogen) atoms. The van der Waals surface area contributed by atoms with Crippen LogP contribution in [0, 0.1) is 0 Å². The Morgan fingerprint density at radius 1 is 0.295 bits per heavy atom. The van der Waals surface area contributed by atoms with Crippen molar-refractivity contribution in [1.82, 2.24) is 0 Å². The molecule has 0 aliphatic heterocycles. The largest absolute Gasteiger partial charge is 0.456 e. The van der Waals surface area contributed by atoms with E-state index in [0.29, 0.717) is 0 Å². The Bertz CT molecular complexity index is 3610. The van der Waals surface area contributed by atoms with Crippen molar-refractivity contribution >= 4 is 71.7 Å². The van der Waals surface area contributed by atoms with E-state index in [1.807, 2.05) is 18.2 Å². The van der Waals surface area contributed by atoms with Gasteiger partial charge in [0, 0.05) is 43.9 Å². The molecule has 0 N–H and O–H groups in total. The van der Waals surface area contributed by atoms with E-state index in [2.05, 4.69) is 211 Å². The Morgan fingerprint density at radius 2 is 0.820 bits per heavy atom. The van der Waals surface area contributed by atoms with Crippen LogP contribution in [0.4, 0.5) is 17.1 Å². The lowest BCUT2D eigenvalue weighted by Crippen LogP contribution is -2.12. The molecular weight excluding hydrogens is 743 g/mol. The second kappa shape index (κ2) is 14.3. The summed E-state index contributed by atoms with van der Waals surface area (Å²) in [7, 11) is 0. The fourth-order valence-corrected chi connectivity index (χ4v) is 9.31. The minimum atomic E-state index is 0.874. The zero-order valence-corrected chi connectivity index (χ0v) is 33.1. The summed E-state index contributed by atoms with van der Waals surface area (Å²) in [6, 6.07) is 80.0. The number of benzene rings is 10. The summed E-state index contributed by atoms with van der Waals surface area (Å²) >= 11 is 0. The molecule has 0 unspecified atom stereocenters. The second-order valence-electron chi connectivity index (χ2n) is 15.6. The molecule has 0 saturated heterocycles. The van der Waals surface area contributed by atoms with Gasteiger partial charge in [0.25, 0.3) is 0 Å². The summed E-state index contributed by atoms with van der Waals surface area (Å²) < 4.78 is 13.1. The molecular formula is C58H37NO2. The van der Waals surface area contributed by atoms with Gasteiger partial charge in [-0.2, -0.15) is 0 Å². The number of para-hydroxylation sites is 5. The highest BCUT2D eigenvalue weighted by Gasteiger charge is 2.24. The summed E-state index contributed by atoms with van der Waals surface area (Å²) in [5.74, 6) is 0. The van der Waals surface area contributed by atoms with Crippen LogP contribution in [0.5, 0.6) is 0 Å². The van der Waals surface area contributed by atoms with Gasteiger partial charge in [-0.05, 0) is 87.1 Å². The molecule has 0 spiro atoms. The molecule has 10 aromatic carbocycles. The molecule has 2 aromatic heterocycles. The molecule has 3 heteroatoms. The zero-order chi connectivity index (χ0) is 40.3. The maximum atomic E-state index is 6.69. The molecule has 12 rings (SSSR count). The summed E-state index contributed by atoms with van der Waals surface area (Å²) in [4.78, 5) is 2.43. The summed E-state index contributed by atoms with van der Waals surface area (Å²) in [6.07, 6.45) is 0. The number of fused-ring (bicyclic) bond motifs is 7. The number of hydrogen-bond acceptors (Lipinski definition) is 3. The minimum absolute atomic E-state index is 0.874. The number of rotatable bonds is 7. The predicted octanol–water partition coefficient (Wildman–Crippen LogP) is 16.8. The lowest BCUT2D eigenvalue weighted by Gasteiger charge is -2.30. The Morgan fingerprint density at radius 3 is 1.61 bits per heavy atom. The molecule has 0 radical (unpaired) electrons. The molecule has 0 atom stereocenters. The summed E-state index contributed by atoms with van der Waals surface area (Å²) in [5.41, 5.74) is 15.6. The standard InChI is InChI=1S/C58H37NO2/c1-2-16-38(17-3-1)43-26-13-18-39-19-14-27-49(57(39)43)44-22-4-8-30-52(44)59(42-21-12-20-40(36-42)41-34-35-48-46-24-6-10-32-54(46)60-56(48)37-41)53-31-9-5-23-45(53)50-28-15-29-51-47-25-7-11-33-55(47)61-58(50)51/h1-37H. The molecule has 0 fully saturated rings. The summed E-state index contributed by atoms with van der Waals surface area (Å²) in [5, 5.41) is 6.86. The first-order valence-corrected chi connectivity index (χ1v) is 20.7. The van der Waals surface area contributed by atoms with Gasteiger partial charge in [-0.3, -0.25) is 0 Å². The topological polar surface area (TPSA) is 29.5 Å². The molecule has 2 heterocycles. The third-order valence-electron chi connectivity index (χ3n) is 12.1. The number of anilines is 3. The van der Waals surface area contributed by atoms with Crippen molar-refractivity contribution in [3.05, 3.63) is 224 Å². The van der Waals surface area contributed by atoms with Crippen LogP contribution in [0.2, 0.25) is 0 Å². The first-order chi connectivity index (χ1) is 30.3. The summed E-state index contributed by atoms with van der Waals surface area (Å²) in [6.45, 7) is 0. The smallest absolute Gasteiger partial charge is 0.143 e. The molecule has 0 bridgehead atoms. The van der Waals surface area contributed by atoms with Gasteiger partial charge in [-0.15, -0.1) is 0 Å². The van der Waals surface area contributed by atoms with Crippen LogP contribution in [-0.2, 0) is 0 Å². The monoisotopic (exact) mass is 779 g/mol. The van der Waals surface area contributed by atoms with Crippen molar-refractivity contribution in [3.8, 4) is 44.5 Å². The fourth-order valence-electron chi connectivity index (χ4n) is 9.31. The van der Waals surface area contributed by atoms with Crippen LogP contribution in [0.3, 0.4) is 0 Å². The van der Waals surface area contributed by atoms with Crippen molar-refractivity contribution in [3.63, 3.8) is 0 Å². The van der Waals surface area contributed by atoms with Crippen LogP contribution < -0.4 is 4.90 Å². The van der Waals surface area contributed by atoms with Crippen molar-refractivity contribution < 1.29 is 8.83 Å². The third kappa shape index (κ3) is 5.82. The normalized spacial score (nSPS) is 11.6. The first-order valence-electron chi connectivity index (χ1n) is 20.7. The van der Waals surface area contributed by atoms with Crippen molar-refractivity contribution in [1.29, 1.82) is 0 Å². The van der Waals surface area contributed by atoms with Gasteiger partial charge in [0.05, 0.1) is 11.4 Å². The van der Waals surface area contributed by atoms with E-state index in [4.69, 9.17) is 8.83 Å². The van der Waals surface area contributed by atoms with Crippen LogP contribution in [0.25, 0.3) is 99.2 Å². The van der Waals surface area contributed by atoms with Crippen LogP contribution >= 0.6 is 0 Å². The minimum Gasteiger partial charge on any atom is -0.456 e. The maximum Gasteiger partial charge on any atom is 0.143 e. The number of furan rings is 2. The van der Waals surface area contributed by atoms with E-state index in [-0.39, 0.29) is 0 Å². The molecule has 3 nitrogen and oxygen atoms in total. The average molecular weight is 780 g/mol. The second-order valence-corrected chi connectivity index (χ2v) is 15.6. The fraction of sp³-hybridized carbons (Fsp3) is 0. The van der Waals surface area contributed by atoms with E-state index in [9.17, 15) is 0 Å². The van der Waals surface area contributed by atoms with Gasteiger partial charge in [0.1, 0.15) is 22.3 Å². The highest BCUT2D eigenvalue weighted by molar-refractivity contribution is 6.12. The zero-order valence-electron chi connectivity index (χ0n) is 33.1. The van der Waals surface area contributed by atoms with E-state index in [0.717, 1.165) is 88.8 Å². The van der Waals surface area contributed by atoms with Crippen LogP contribution in [0.15, 0.2) is 233 Å². The Kier molecular flexibility index (Phi) is 8.17. The van der Waals surface area contributed by atoms with Crippen LogP contribution in [0.1, 0.15) is 0 Å². The quantitative estimate of drug-likeness (QED) is 0.161. The molecule has 0 aliphatic rings. The third-order valence-corrected chi connectivity index (χ3v) is 12.1. The molecule has 286 valence electrons.